The largest absolute Gasteiger partial charge is 0.330 e. The van der Waals surface area contributed by atoms with Crippen molar-refractivity contribution in [3.05, 3.63) is 23.8 Å². The number of rotatable bonds is 4. The lowest BCUT2D eigenvalue weighted by molar-refractivity contribution is -0.117. The Morgan fingerprint density at radius 2 is 2.26 bits per heavy atom. The Labute approximate surface area is 112 Å². The molecule has 1 aliphatic heterocycles. The van der Waals surface area contributed by atoms with Gasteiger partial charge in [0.1, 0.15) is 0 Å². The van der Waals surface area contributed by atoms with E-state index in [0.717, 1.165) is 16.9 Å². The number of carbonyl (C=O) groups is 2. The van der Waals surface area contributed by atoms with Gasteiger partial charge in [-0.05, 0) is 36.2 Å². The summed E-state index contributed by atoms with van der Waals surface area (Å²) in [5.74, 6) is 0.202. The third kappa shape index (κ3) is 2.93. The molecule has 102 valence electrons. The van der Waals surface area contributed by atoms with Crippen molar-refractivity contribution in [3.8, 4) is 0 Å². The van der Waals surface area contributed by atoms with Crippen LogP contribution in [0.5, 0.6) is 0 Å². The van der Waals surface area contributed by atoms with E-state index in [9.17, 15) is 9.59 Å². The monoisotopic (exact) mass is 261 g/mol. The van der Waals surface area contributed by atoms with Crippen LogP contribution in [0.3, 0.4) is 0 Å². The number of fused-ring (bicyclic) bond motifs is 1. The van der Waals surface area contributed by atoms with Crippen LogP contribution in [0, 0.1) is 5.92 Å². The van der Waals surface area contributed by atoms with Crippen molar-refractivity contribution >= 4 is 23.2 Å². The second-order valence-electron chi connectivity index (χ2n) is 5.07. The zero-order valence-corrected chi connectivity index (χ0v) is 11.3. The summed E-state index contributed by atoms with van der Waals surface area (Å²) in [6.07, 6.45) is 0.807. The first kappa shape index (κ1) is 13.5. The molecule has 0 aliphatic carbocycles. The molecule has 0 fully saturated rings. The van der Waals surface area contributed by atoms with E-state index in [1.807, 2.05) is 25.1 Å². The van der Waals surface area contributed by atoms with Gasteiger partial charge in [0.25, 0.3) is 0 Å². The van der Waals surface area contributed by atoms with Crippen LogP contribution in [0.4, 0.5) is 11.4 Å². The molecule has 1 aromatic carbocycles. The zero-order valence-electron chi connectivity index (χ0n) is 11.3. The van der Waals surface area contributed by atoms with Crippen molar-refractivity contribution in [3.63, 3.8) is 0 Å². The van der Waals surface area contributed by atoms with E-state index in [1.165, 1.54) is 0 Å². The Kier molecular flexibility index (Phi) is 3.85. The Hall–Kier alpha value is -1.88. The van der Waals surface area contributed by atoms with E-state index in [2.05, 4.69) is 5.32 Å². The molecule has 5 heteroatoms. The van der Waals surface area contributed by atoms with Crippen LogP contribution in [-0.2, 0) is 16.0 Å². The Bertz CT molecular complexity index is 513. The minimum absolute atomic E-state index is 0.0458. The fourth-order valence-electron chi connectivity index (χ4n) is 2.16. The molecule has 2 rings (SSSR count). The zero-order chi connectivity index (χ0) is 14.0. The van der Waals surface area contributed by atoms with Crippen molar-refractivity contribution in [1.29, 1.82) is 0 Å². The third-order valence-electron chi connectivity index (χ3n) is 3.38. The molecule has 1 aromatic rings. The second kappa shape index (κ2) is 5.40. The van der Waals surface area contributed by atoms with E-state index in [-0.39, 0.29) is 17.7 Å². The molecular formula is C14H19N3O2. The molecular weight excluding hydrogens is 242 g/mol. The number of benzene rings is 1. The predicted molar refractivity (Wildman–Crippen MR) is 75.0 cm³/mol. The number of hydrogen-bond donors (Lipinski definition) is 2. The van der Waals surface area contributed by atoms with Gasteiger partial charge in [0.2, 0.25) is 11.8 Å². The lowest BCUT2D eigenvalue weighted by Crippen LogP contribution is -2.20. The van der Waals surface area contributed by atoms with Crippen LogP contribution in [0.25, 0.3) is 0 Å². The highest BCUT2D eigenvalue weighted by molar-refractivity contribution is 6.02. The molecule has 1 atom stereocenters. The van der Waals surface area contributed by atoms with E-state index in [1.54, 1.807) is 11.9 Å². The Balaban J connectivity index is 2.06. The molecule has 1 heterocycles. The molecule has 0 spiro atoms. The maximum absolute atomic E-state index is 11.8. The van der Waals surface area contributed by atoms with Gasteiger partial charge in [-0.2, -0.15) is 0 Å². The molecule has 0 radical (unpaired) electrons. The van der Waals surface area contributed by atoms with Crippen molar-refractivity contribution in [2.45, 2.75) is 19.8 Å². The normalized spacial score (nSPS) is 15.3. The molecule has 1 unspecified atom stereocenters. The highest BCUT2D eigenvalue weighted by Gasteiger charge is 2.24. The number of hydrogen-bond acceptors (Lipinski definition) is 3. The van der Waals surface area contributed by atoms with Crippen molar-refractivity contribution in [1.82, 2.24) is 0 Å². The maximum atomic E-state index is 11.8. The maximum Gasteiger partial charge on any atom is 0.231 e. The quantitative estimate of drug-likeness (QED) is 0.853. The molecule has 1 aliphatic rings. The van der Waals surface area contributed by atoms with Crippen LogP contribution in [0.2, 0.25) is 0 Å². The topological polar surface area (TPSA) is 75.4 Å². The van der Waals surface area contributed by atoms with Crippen LogP contribution < -0.4 is 16.0 Å². The summed E-state index contributed by atoms with van der Waals surface area (Å²) in [4.78, 5) is 25.0. The summed E-state index contributed by atoms with van der Waals surface area (Å²) < 4.78 is 0. The average molecular weight is 261 g/mol. The summed E-state index contributed by atoms with van der Waals surface area (Å²) >= 11 is 0. The van der Waals surface area contributed by atoms with E-state index in [0.29, 0.717) is 19.4 Å². The predicted octanol–water partition coefficient (Wildman–Crippen LogP) is 1.13. The Morgan fingerprint density at radius 1 is 1.53 bits per heavy atom. The summed E-state index contributed by atoms with van der Waals surface area (Å²) in [5.41, 5.74) is 8.10. The second-order valence-corrected chi connectivity index (χ2v) is 5.07. The molecule has 2 amide bonds. The fourth-order valence-corrected chi connectivity index (χ4v) is 2.16. The summed E-state index contributed by atoms with van der Waals surface area (Å²) in [7, 11) is 1.76. The highest BCUT2D eigenvalue weighted by Crippen LogP contribution is 2.30. The highest BCUT2D eigenvalue weighted by atomic mass is 16.2. The van der Waals surface area contributed by atoms with E-state index < -0.39 is 0 Å². The first-order chi connectivity index (χ1) is 9.01. The van der Waals surface area contributed by atoms with Gasteiger partial charge in [-0.25, -0.2) is 0 Å². The fraction of sp³-hybridized carbons (Fsp3) is 0.429. The molecule has 3 N–H and O–H groups in total. The standard InChI is InChI=1S/C14H19N3O2/c1-9(8-15)5-13(18)16-11-3-4-12-10(6-11)7-14(19)17(12)2/h3-4,6,9H,5,7-8,15H2,1-2H3,(H,16,18). The molecule has 0 bridgehead atoms. The first-order valence-electron chi connectivity index (χ1n) is 6.40. The third-order valence-corrected chi connectivity index (χ3v) is 3.38. The number of anilines is 2. The van der Waals surface area contributed by atoms with Gasteiger partial charge >= 0.3 is 0 Å². The number of amides is 2. The van der Waals surface area contributed by atoms with Gasteiger partial charge in [0.15, 0.2) is 0 Å². The first-order valence-corrected chi connectivity index (χ1v) is 6.40. The molecule has 19 heavy (non-hydrogen) atoms. The van der Waals surface area contributed by atoms with Crippen LogP contribution >= 0.6 is 0 Å². The van der Waals surface area contributed by atoms with Gasteiger partial charge in [-0.15, -0.1) is 0 Å². The van der Waals surface area contributed by atoms with Gasteiger partial charge in [-0.3, -0.25) is 9.59 Å². The smallest absolute Gasteiger partial charge is 0.231 e. The number of likely N-dealkylation sites (N-methyl/N-ethyl adjacent to an activating group) is 1. The minimum atomic E-state index is -0.0458. The number of nitrogens with one attached hydrogen (secondary N) is 1. The van der Waals surface area contributed by atoms with E-state index in [4.69, 9.17) is 5.73 Å². The SMILES string of the molecule is CC(CN)CC(=O)Nc1ccc2c(c1)CC(=O)N2C. The van der Waals surface area contributed by atoms with Gasteiger partial charge in [0, 0.05) is 24.8 Å². The van der Waals surface area contributed by atoms with Crippen LogP contribution in [-0.4, -0.2) is 25.4 Å². The molecule has 0 saturated heterocycles. The summed E-state index contributed by atoms with van der Waals surface area (Å²) in [6.45, 7) is 2.44. The lowest BCUT2D eigenvalue weighted by Gasteiger charge is -2.12. The van der Waals surface area contributed by atoms with Gasteiger partial charge in [-0.1, -0.05) is 6.92 Å². The summed E-state index contributed by atoms with van der Waals surface area (Å²) in [5, 5.41) is 2.84. The van der Waals surface area contributed by atoms with Crippen LogP contribution in [0.15, 0.2) is 18.2 Å². The van der Waals surface area contributed by atoms with Gasteiger partial charge in [0.05, 0.1) is 6.42 Å². The average Bonchev–Trinajstić information content (AvgIpc) is 2.64. The lowest BCUT2D eigenvalue weighted by atomic mass is 10.1. The number of nitrogens with zero attached hydrogens (tertiary/aromatic N) is 1. The van der Waals surface area contributed by atoms with Gasteiger partial charge < -0.3 is 16.0 Å². The summed E-state index contributed by atoms with van der Waals surface area (Å²) in [6, 6.07) is 5.54. The number of nitrogens with two attached hydrogens (primary N) is 1. The van der Waals surface area contributed by atoms with Crippen molar-refractivity contribution in [2.24, 2.45) is 11.7 Å². The minimum Gasteiger partial charge on any atom is -0.330 e. The van der Waals surface area contributed by atoms with Crippen LogP contribution in [0.1, 0.15) is 18.9 Å². The molecule has 0 aromatic heterocycles. The number of carbonyl (C=O) groups excluding carboxylic acids is 2. The van der Waals surface area contributed by atoms with Crippen molar-refractivity contribution in [2.75, 3.05) is 23.8 Å². The van der Waals surface area contributed by atoms with E-state index >= 15 is 0 Å². The van der Waals surface area contributed by atoms with Crippen molar-refractivity contribution < 1.29 is 9.59 Å². The Morgan fingerprint density at radius 3 is 2.95 bits per heavy atom. The molecule has 0 saturated carbocycles. The molecule has 5 nitrogen and oxygen atoms in total.